The molecule has 1 N–H and O–H groups in total. The van der Waals surface area contributed by atoms with Crippen LogP contribution in [0.15, 0.2) is 41.0 Å². The molecule has 0 radical (unpaired) electrons. The van der Waals surface area contributed by atoms with Crippen molar-refractivity contribution in [1.82, 2.24) is 15.3 Å². The molecule has 0 aliphatic carbocycles. The molecule has 1 aromatic heterocycles. The fourth-order valence-corrected chi connectivity index (χ4v) is 2.56. The first kappa shape index (κ1) is 14.0. The van der Waals surface area contributed by atoms with Crippen molar-refractivity contribution in [2.75, 3.05) is 25.0 Å². The van der Waals surface area contributed by atoms with Gasteiger partial charge in [0.15, 0.2) is 5.82 Å². The van der Waals surface area contributed by atoms with Crippen LogP contribution in [0.5, 0.6) is 0 Å². The van der Waals surface area contributed by atoms with Gasteiger partial charge in [0.2, 0.25) is 5.91 Å². The summed E-state index contributed by atoms with van der Waals surface area (Å²) in [5.41, 5.74) is 0.975. The van der Waals surface area contributed by atoms with E-state index in [0.717, 1.165) is 15.9 Å². The molecule has 1 aromatic carbocycles. The SMILES string of the molecule is CNC(=O)C1CN(c2ccnc(-c3ccc(Br)cc3)n2)C1. The number of amides is 1. The molecule has 6 heteroatoms. The molecule has 0 bridgehead atoms. The molecule has 1 aliphatic rings. The van der Waals surface area contributed by atoms with E-state index in [2.05, 4.69) is 36.1 Å². The largest absolute Gasteiger partial charge is 0.359 e. The predicted molar refractivity (Wildman–Crippen MR) is 84.9 cm³/mol. The summed E-state index contributed by atoms with van der Waals surface area (Å²) in [5, 5.41) is 2.68. The first-order valence-corrected chi connectivity index (χ1v) is 7.52. The number of hydrogen-bond acceptors (Lipinski definition) is 4. The van der Waals surface area contributed by atoms with Gasteiger partial charge in [-0.1, -0.05) is 28.1 Å². The molecule has 2 aromatic rings. The van der Waals surface area contributed by atoms with Gasteiger partial charge in [-0.05, 0) is 18.2 Å². The Morgan fingerprint density at radius 2 is 2.00 bits per heavy atom. The maximum absolute atomic E-state index is 11.5. The Hall–Kier alpha value is -1.95. The molecule has 1 aliphatic heterocycles. The molecular formula is C15H15BrN4O. The minimum atomic E-state index is 0.0566. The second-order valence-corrected chi connectivity index (χ2v) is 5.88. The predicted octanol–water partition coefficient (Wildman–Crippen LogP) is 2.09. The lowest BCUT2D eigenvalue weighted by Crippen LogP contribution is -2.53. The fraction of sp³-hybridized carbons (Fsp3) is 0.267. The van der Waals surface area contributed by atoms with Gasteiger partial charge in [0.05, 0.1) is 5.92 Å². The van der Waals surface area contributed by atoms with E-state index in [0.29, 0.717) is 18.9 Å². The molecule has 1 amide bonds. The highest BCUT2D eigenvalue weighted by atomic mass is 79.9. The molecular weight excluding hydrogens is 332 g/mol. The maximum Gasteiger partial charge on any atom is 0.226 e. The van der Waals surface area contributed by atoms with Crippen LogP contribution in [0.25, 0.3) is 11.4 Å². The zero-order valence-electron chi connectivity index (χ0n) is 11.6. The lowest BCUT2D eigenvalue weighted by Gasteiger charge is -2.38. The smallest absolute Gasteiger partial charge is 0.226 e. The van der Waals surface area contributed by atoms with Crippen molar-refractivity contribution in [2.24, 2.45) is 5.92 Å². The van der Waals surface area contributed by atoms with Crippen LogP contribution in [-0.4, -0.2) is 36.0 Å². The van der Waals surface area contributed by atoms with Gasteiger partial charge in [0, 0.05) is 36.4 Å². The van der Waals surface area contributed by atoms with E-state index >= 15 is 0 Å². The van der Waals surface area contributed by atoms with E-state index in [9.17, 15) is 4.79 Å². The van der Waals surface area contributed by atoms with Crippen LogP contribution in [-0.2, 0) is 4.79 Å². The number of nitrogens with zero attached hydrogens (tertiary/aromatic N) is 3. The van der Waals surface area contributed by atoms with Crippen LogP contribution in [0.1, 0.15) is 0 Å². The third-order valence-corrected chi connectivity index (χ3v) is 4.09. The maximum atomic E-state index is 11.5. The highest BCUT2D eigenvalue weighted by Gasteiger charge is 2.32. The van der Waals surface area contributed by atoms with Gasteiger partial charge in [-0.25, -0.2) is 9.97 Å². The van der Waals surface area contributed by atoms with Crippen LogP contribution in [0.2, 0.25) is 0 Å². The fourth-order valence-electron chi connectivity index (χ4n) is 2.30. The van der Waals surface area contributed by atoms with Crippen molar-refractivity contribution in [3.63, 3.8) is 0 Å². The third-order valence-electron chi connectivity index (χ3n) is 3.57. The van der Waals surface area contributed by atoms with Crippen LogP contribution in [0.3, 0.4) is 0 Å². The zero-order chi connectivity index (χ0) is 14.8. The Morgan fingerprint density at radius 3 is 2.67 bits per heavy atom. The molecule has 21 heavy (non-hydrogen) atoms. The van der Waals surface area contributed by atoms with Crippen LogP contribution >= 0.6 is 15.9 Å². The number of carbonyl (C=O) groups excluding carboxylic acids is 1. The number of halogens is 1. The average Bonchev–Trinajstić information content (AvgIpc) is 2.46. The Morgan fingerprint density at radius 1 is 1.29 bits per heavy atom. The zero-order valence-corrected chi connectivity index (χ0v) is 13.2. The Bertz CT molecular complexity index is 653. The number of nitrogens with one attached hydrogen (secondary N) is 1. The van der Waals surface area contributed by atoms with Gasteiger partial charge in [-0.2, -0.15) is 0 Å². The van der Waals surface area contributed by atoms with Gasteiger partial charge < -0.3 is 10.2 Å². The summed E-state index contributed by atoms with van der Waals surface area (Å²) in [4.78, 5) is 22.5. The standard InChI is InChI=1S/C15H15BrN4O/c1-17-15(21)11-8-20(9-11)13-6-7-18-14(19-13)10-2-4-12(16)5-3-10/h2-7,11H,8-9H2,1H3,(H,17,21). The summed E-state index contributed by atoms with van der Waals surface area (Å²) >= 11 is 3.42. The Balaban J connectivity index is 1.76. The van der Waals surface area contributed by atoms with Gasteiger partial charge in [0.25, 0.3) is 0 Å². The van der Waals surface area contributed by atoms with Crippen LogP contribution < -0.4 is 10.2 Å². The highest BCUT2D eigenvalue weighted by Crippen LogP contribution is 2.25. The second kappa shape index (κ2) is 5.81. The molecule has 2 heterocycles. The van der Waals surface area contributed by atoms with Crippen LogP contribution in [0, 0.1) is 5.92 Å². The van der Waals surface area contributed by atoms with Crippen molar-refractivity contribution >= 4 is 27.7 Å². The minimum Gasteiger partial charge on any atom is -0.359 e. The average molecular weight is 347 g/mol. The normalized spacial score (nSPS) is 14.7. The van der Waals surface area contributed by atoms with Crippen molar-refractivity contribution in [1.29, 1.82) is 0 Å². The monoisotopic (exact) mass is 346 g/mol. The molecule has 3 rings (SSSR count). The summed E-state index contributed by atoms with van der Waals surface area (Å²) in [6, 6.07) is 9.77. The molecule has 1 saturated heterocycles. The van der Waals surface area contributed by atoms with Gasteiger partial charge in [0.1, 0.15) is 5.82 Å². The second-order valence-electron chi connectivity index (χ2n) is 4.96. The lowest BCUT2D eigenvalue weighted by molar-refractivity contribution is -0.125. The molecule has 0 spiro atoms. The van der Waals surface area contributed by atoms with E-state index in [1.165, 1.54) is 0 Å². The molecule has 0 unspecified atom stereocenters. The molecule has 1 fully saturated rings. The number of anilines is 1. The number of aromatic nitrogens is 2. The quantitative estimate of drug-likeness (QED) is 0.924. The van der Waals surface area contributed by atoms with E-state index in [-0.39, 0.29) is 11.8 Å². The van der Waals surface area contributed by atoms with Crippen molar-refractivity contribution in [3.8, 4) is 11.4 Å². The summed E-state index contributed by atoms with van der Waals surface area (Å²) in [7, 11) is 1.67. The van der Waals surface area contributed by atoms with Gasteiger partial charge in [-0.3, -0.25) is 4.79 Å². The molecule has 108 valence electrons. The summed E-state index contributed by atoms with van der Waals surface area (Å²) in [5.74, 6) is 1.71. The van der Waals surface area contributed by atoms with Gasteiger partial charge in [-0.15, -0.1) is 0 Å². The van der Waals surface area contributed by atoms with E-state index in [1.807, 2.05) is 30.3 Å². The molecule has 0 atom stereocenters. The lowest BCUT2D eigenvalue weighted by atomic mass is 9.99. The van der Waals surface area contributed by atoms with Crippen molar-refractivity contribution in [3.05, 3.63) is 41.0 Å². The summed E-state index contributed by atoms with van der Waals surface area (Å²) in [6.45, 7) is 1.41. The van der Waals surface area contributed by atoms with Crippen molar-refractivity contribution < 1.29 is 4.79 Å². The van der Waals surface area contributed by atoms with Gasteiger partial charge >= 0.3 is 0 Å². The topological polar surface area (TPSA) is 58.1 Å². The van der Waals surface area contributed by atoms with Crippen LogP contribution in [0.4, 0.5) is 5.82 Å². The third kappa shape index (κ3) is 2.90. The van der Waals surface area contributed by atoms with Crippen molar-refractivity contribution in [2.45, 2.75) is 0 Å². The Labute approximate surface area is 131 Å². The summed E-state index contributed by atoms with van der Waals surface area (Å²) in [6.07, 6.45) is 1.76. The molecule has 5 nitrogen and oxygen atoms in total. The molecule has 0 saturated carbocycles. The Kier molecular flexibility index (Phi) is 3.88. The number of hydrogen-bond donors (Lipinski definition) is 1. The van der Waals surface area contributed by atoms with E-state index in [4.69, 9.17) is 0 Å². The highest BCUT2D eigenvalue weighted by molar-refractivity contribution is 9.10. The first-order chi connectivity index (χ1) is 10.2. The number of benzene rings is 1. The van der Waals surface area contributed by atoms with E-state index < -0.39 is 0 Å². The number of rotatable bonds is 3. The first-order valence-electron chi connectivity index (χ1n) is 6.73. The summed E-state index contributed by atoms with van der Waals surface area (Å²) < 4.78 is 1.03. The van der Waals surface area contributed by atoms with E-state index in [1.54, 1.807) is 13.2 Å². The number of carbonyl (C=O) groups is 1. The minimum absolute atomic E-state index is 0.0566.